The number of hydrogen-bond donors (Lipinski definition) is 1. The molecule has 7 heteroatoms. The van der Waals surface area contributed by atoms with Crippen LogP contribution in [0.1, 0.15) is 19.4 Å². The molecule has 0 aliphatic carbocycles. The molecule has 0 saturated carbocycles. The zero-order chi connectivity index (χ0) is 16.3. The van der Waals surface area contributed by atoms with E-state index in [1.807, 2.05) is 32.8 Å². The fraction of sp³-hybridized carbons (Fsp3) is 0.500. The number of nitriles is 1. The van der Waals surface area contributed by atoms with Gasteiger partial charge in [0.25, 0.3) is 0 Å². The van der Waals surface area contributed by atoms with E-state index in [4.69, 9.17) is 5.26 Å². The largest absolute Gasteiger partial charge is 0.309 e. The lowest BCUT2D eigenvalue weighted by Crippen LogP contribution is -2.39. The van der Waals surface area contributed by atoms with Gasteiger partial charge in [-0.25, -0.2) is 17.5 Å². The number of sulfonamides is 1. The van der Waals surface area contributed by atoms with Gasteiger partial charge in [0.05, 0.1) is 10.5 Å². The van der Waals surface area contributed by atoms with E-state index >= 15 is 0 Å². The topological polar surface area (TPSA) is 73.2 Å². The molecule has 116 valence electrons. The van der Waals surface area contributed by atoms with Crippen molar-refractivity contribution in [3.05, 3.63) is 29.6 Å². The molecule has 0 saturated heterocycles. The Kier molecular flexibility index (Phi) is 5.45. The second-order valence-electron chi connectivity index (χ2n) is 5.98. The highest BCUT2D eigenvalue weighted by Gasteiger charge is 2.23. The van der Waals surface area contributed by atoms with Crippen molar-refractivity contribution >= 4 is 10.0 Å². The van der Waals surface area contributed by atoms with Gasteiger partial charge in [0.2, 0.25) is 10.0 Å². The van der Waals surface area contributed by atoms with Crippen LogP contribution in [-0.4, -0.2) is 40.5 Å². The third kappa shape index (κ3) is 5.08. The van der Waals surface area contributed by atoms with Crippen LogP contribution in [0.2, 0.25) is 0 Å². The lowest BCUT2D eigenvalue weighted by Gasteiger charge is -2.28. The molecule has 1 aromatic carbocycles. The maximum Gasteiger partial charge on any atom is 0.240 e. The van der Waals surface area contributed by atoms with Crippen LogP contribution in [0.5, 0.6) is 0 Å². The standard InChI is InChI=1S/C14H20FN3O2S/c1-14(2,10-18(3)4)9-17-21(19,20)12-5-6-13(15)11(7-12)8-16/h5-7,17H,9-10H2,1-4H3. The maximum atomic E-state index is 13.2. The monoisotopic (exact) mass is 313 g/mol. The molecule has 0 aliphatic rings. The Morgan fingerprint density at radius 2 is 2.00 bits per heavy atom. The van der Waals surface area contributed by atoms with E-state index in [1.54, 1.807) is 6.07 Å². The molecule has 0 heterocycles. The maximum absolute atomic E-state index is 13.2. The Hall–Kier alpha value is -1.49. The fourth-order valence-corrected chi connectivity index (χ4v) is 3.31. The highest BCUT2D eigenvalue weighted by molar-refractivity contribution is 7.89. The minimum absolute atomic E-state index is 0.110. The minimum Gasteiger partial charge on any atom is -0.309 e. The number of hydrogen-bond acceptors (Lipinski definition) is 4. The second kappa shape index (κ2) is 6.52. The van der Waals surface area contributed by atoms with Crippen LogP contribution in [0.25, 0.3) is 0 Å². The Labute approximate surface area is 125 Å². The Balaban J connectivity index is 2.91. The molecule has 1 rings (SSSR count). The summed E-state index contributed by atoms with van der Waals surface area (Å²) < 4.78 is 40.1. The van der Waals surface area contributed by atoms with Gasteiger partial charge in [-0.1, -0.05) is 13.8 Å². The molecule has 0 aliphatic heterocycles. The van der Waals surface area contributed by atoms with Gasteiger partial charge in [-0.2, -0.15) is 5.26 Å². The van der Waals surface area contributed by atoms with Gasteiger partial charge in [0.15, 0.2) is 0 Å². The number of nitrogens with one attached hydrogen (secondary N) is 1. The van der Waals surface area contributed by atoms with Crippen LogP contribution in [-0.2, 0) is 10.0 Å². The predicted molar refractivity (Wildman–Crippen MR) is 78.6 cm³/mol. The van der Waals surface area contributed by atoms with Crippen LogP contribution in [0, 0.1) is 22.6 Å². The molecule has 1 N–H and O–H groups in total. The first kappa shape index (κ1) is 17.6. The van der Waals surface area contributed by atoms with Crippen molar-refractivity contribution in [3.63, 3.8) is 0 Å². The van der Waals surface area contributed by atoms with Crippen LogP contribution in [0.15, 0.2) is 23.1 Å². The summed E-state index contributed by atoms with van der Waals surface area (Å²) >= 11 is 0. The van der Waals surface area contributed by atoms with Crippen molar-refractivity contribution in [1.29, 1.82) is 5.26 Å². The van der Waals surface area contributed by atoms with Crippen LogP contribution < -0.4 is 4.72 Å². The number of nitrogens with zero attached hydrogens (tertiary/aromatic N) is 2. The van der Waals surface area contributed by atoms with E-state index in [-0.39, 0.29) is 22.4 Å². The number of halogens is 1. The van der Waals surface area contributed by atoms with E-state index in [0.29, 0.717) is 6.54 Å². The van der Waals surface area contributed by atoms with E-state index in [0.717, 1.165) is 18.2 Å². The third-order valence-electron chi connectivity index (χ3n) is 2.85. The lowest BCUT2D eigenvalue weighted by molar-refractivity contribution is 0.242. The average Bonchev–Trinajstić information content (AvgIpc) is 2.35. The van der Waals surface area contributed by atoms with Crippen molar-refractivity contribution in [3.8, 4) is 6.07 Å². The highest BCUT2D eigenvalue weighted by atomic mass is 32.2. The molecule has 0 atom stereocenters. The van der Waals surface area contributed by atoms with Gasteiger partial charge in [-0.05, 0) is 37.7 Å². The van der Waals surface area contributed by atoms with Crippen molar-refractivity contribution < 1.29 is 12.8 Å². The van der Waals surface area contributed by atoms with Crippen LogP contribution >= 0.6 is 0 Å². The smallest absolute Gasteiger partial charge is 0.240 e. The first-order valence-corrected chi connectivity index (χ1v) is 7.90. The molecular weight excluding hydrogens is 293 g/mol. The first-order chi connectivity index (χ1) is 9.57. The summed E-state index contributed by atoms with van der Waals surface area (Å²) in [6.45, 7) is 4.84. The summed E-state index contributed by atoms with van der Waals surface area (Å²) in [6.07, 6.45) is 0. The second-order valence-corrected chi connectivity index (χ2v) is 7.75. The molecule has 0 bridgehead atoms. The third-order valence-corrected chi connectivity index (χ3v) is 4.25. The van der Waals surface area contributed by atoms with Gasteiger partial charge < -0.3 is 4.90 Å². The normalized spacial score (nSPS) is 12.4. The van der Waals surface area contributed by atoms with Gasteiger partial charge in [0, 0.05) is 13.1 Å². The molecule has 0 spiro atoms. The summed E-state index contributed by atoms with van der Waals surface area (Å²) in [5.41, 5.74) is -0.542. The van der Waals surface area contributed by atoms with E-state index in [2.05, 4.69) is 4.72 Å². The minimum atomic E-state index is -3.76. The quantitative estimate of drug-likeness (QED) is 0.865. The summed E-state index contributed by atoms with van der Waals surface area (Å²) in [6, 6.07) is 4.81. The van der Waals surface area contributed by atoms with E-state index in [9.17, 15) is 12.8 Å². The zero-order valence-corrected chi connectivity index (χ0v) is 13.5. The first-order valence-electron chi connectivity index (χ1n) is 6.41. The number of rotatable bonds is 6. The van der Waals surface area contributed by atoms with Crippen molar-refractivity contribution in [2.75, 3.05) is 27.2 Å². The Bertz CT molecular complexity index is 649. The summed E-state index contributed by atoms with van der Waals surface area (Å²) in [7, 11) is 0.0593. The summed E-state index contributed by atoms with van der Waals surface area (Å²) in [5.74, 6) is -0.732. The Morgan fingerprint density at radius 3 is 2.52 bits per heavy atom. The van der Waals surface area contributed by atoms with Crippen LogP contribution in [0.3, 0.4) is 0 Å². The molecule has 0 amide bonds. The Morgan fingerprint density at radius 1 is 1.38 bits per heavy atom. The fourth-order valence-electron chi connectivity index (χ4n) is 2.04. The highest BCUT2D eigenvalue weighted by Crippen LogP contribution is 2.18. The molecule has 0 radical (unpaired) electrons. The summed E-state index contributed by atoms with van der Waals surface area (Å²) in [4.78, 5) is 1.86. The molecule has 21 heavy (non-hydrogen) atoms. The number of benzene rings is 1. The predicted octanol–water partition coefficient (Wildman–Crippen LogP) is 1.56. The zero-order valence-electron chi connectivity index (χ0n) is 12.6. The molecule has 0 aromatic heterocycles. The van der Waals surface area contributed by atoms with E-state index < -0.39 is 15.8 Å². The summed E-state index contributed by atoms with van der Waals surface area (Å²) in [5, 5.41) is 8.76. The SMILES string of the molecule is CN(C)CC(C)(C)CNS(=O)(=O)c1ccc(F)c(C#N)c1. The van der Waals surface area contributed by atoms with Crippen molar-refractivity contribution in [1.82, 2.24) is 9.62 Å². The molecule has 1 aromatic rings. The van der Waals surface area contributed by atoms with Gasteiger partial charge in [-0.3, -0.25) is 0 Å². The lowest BCUT2D eigenvalue weighted by atomic mass is 9.93. The molecular formula is C14H20FN3O2S. The van der Waals surface area contributed by atoms with Gasteiger partial charge in [-0.15, -0.1) is 0 Å². The molecule has 0 unspecified atom stereocenters. The van der Waals surface area contributed by atoms with Crippen molar-refractivity contribution in [2.24, 2.45) is 5.41 Å². The molecule has 0 fully saturated rings. The van der Waals surface area contributed by atoms with Crippen LogP contribution in [0.4, 0.5) is 4.39 Å². The van der Waals surface area contributed by atoms with Gasteiger partial charge in [0.1, 0.15) is 11.9 Å². The van der Waals surface area contributed by atoms with E-state index in [1.165, 1.54) is 0 Å². The average molecular weight is 313 g/mol. The molecule has 5 nitrogen and oxygen atoms in total. The van der Waals surface area contributed by atoms with Crippen molar-refractivity contribution in [2.45, 2.75) is 18.7 Å². The van der Waals surface area contributed by atoms with Gasteiger partial charge >= 0.3 is 0 Å².